The van der Waals surface area contributed by atoms with Gasteiger partial charge in [-0.2, -0.15) is 13.2 Å². The Kier molecular flexibility index (Phi) is 3.06. The zero-order valence-corrected chi connectivity index (χ0v) is 8.48. The van der Waals surface area contributed by atoms with Gasteiger partial charge in [-0.1, -0.05) is 6.07 Å². The number of hydrogen-bond acceptors (Lipinski definition) is 2. The second-order valence-corrected chi connectivity index (χ2v) is 3.45. The number of anilines is 1. The first-order chi connectivity index (χ1) is 6.38. The molecule has 6 heteroatoms. The number of benzene rings is 1. The number of halogens is 4. The predicted molar refractivity (Wildman–Crippen MR) is 49.5 cm³/mol. The Morgan fingerprint density at radius 1 is 1.36 bits per heavy atom. The third-order valence-corrected chi connectivity index (χ3v) is 2.60. The largest absolute Gasteiger partial charge is 0.417 e. The quantitative estimate of drug-likeness (QED) is 0.770. The monoisotopic (exact) mass is 269 g/mol. The highest BCUT2D eigenvalue weighted by molar-refractivity contribution is 9.10. The van der Waals surface area contributed by atoms with E-state index in [1.165, 1.54) is 0 Å². The van der Waals surface area contributed by atoms with E-state index in [0.29, 0.717) is 0 Å². The number of alkyl halides is 3. The van der Waals surface area contributed by atoms with Gasteiger partial charge in [0.1, 0.15) is 0 Å². The first kappa shape index (κ1) is 11.3. The van der Waals surface area contributed by atoms with Crippen molar-refractivity contribution in [1.82, 2.24) is 0 Å². The summed E-state index contributed by atoms with van der Waals surface area (Å²) in [6.07, 6.45) is -4.44. The SMILES string of the molecule is Nc1c(CO)ccc(C(F)(F)F)c1Br. The van der Waals surface area contributed by atoms with Crippen molar-refractivity contribution in [3.05, 3.63) is 27.7 Å². The molecule has 1 rings (SSSR count). The normalized spacial score (nSPS) is 11.8. The molecule has 0 aliphatic rings. The van der Waals surface area contributed by atoms with E-state index in [9.17, 15) is 13.2 Å². The highest BCUT2D eigenvalue weighted by Gasteiger charge is 2.33. The number of hydrogen-bond donors (Lipinski definition) is 2. The summed E-state index contributed by atoms with van der Waals surface area (Å²) in [5.41, 5.74) is 4.73. The maximum atomic E-state index is 12.3. The lowest BCUT2D eigenvalue weighted by atomic mass is 10.1. The van der Waals surface area contributed by atoms with Gasteiger partial charge in [0.2, 0.25) is 0 Å². The molecule has 0 aliphatic heterocycles. The fourth-order valence-corrected chi connectivity index (χ4v) is 1.60. The van der Waals surface area contributed by atoms with Gasteiger partial charge in [-0.25, -0.2) is 0 Å². The lowest BCUT2D eigenvalue weighted by Crippen LogP contribution is -2.08. The van der Waals surface area contributed by atoms with Crippen molar-refractivity contribution in [3.8, 4) is 0 Å². The van der Waals surface area contributed by atoms with E-state index in [-0.39, 0.29) is 22.3 Å². The van der Waals surface area contributed by atoms with Gasteiger partial charge in [-0.15, -0.1) is 0 Å². The number of nitrogen functional groups attached to an aromatic ring is 1. The molecular formula is C8H7BrF3NO. The molecule has 0 unspecified atom stereocenters. The van der Waals surface area contributed by atoms with Gasteiger partial charge >= 0.3 is 6.18 Å². The molecule has 0 heterocycles. The van der Waals surface area contributed by atoms with Crippen LogP contribution in [0.5, 0.6) is 0 Å². The van der Waals surface area contributed by atoms with Crippen LogP contribution in [-0.2, 0) is 12.8 Å². The molecule has 0 bridgehead atoms. The summed E-state index contributed by atoms with van der Waals surface area (Å²) >= 11 is 2.75. The highest BCUT2D eigenvalue weighted by Crippen LogP contribution is 2.38. The van der Waals surface area contributed by atoms with Gasteiger partial charge in [-0.3, -0.25) is 0 Å². The van der Waals surface area contributed by atoms with Crippen molar-refractivity contribution in [2.24, 2.45) is 0 Å². The Morgan fingerprint density at radius 2 is 1.93 bits per heavy atom. The molecule has 0 aliphatic carbocycles. The summed E-state index contributed by atoms with van der Waals surface area (Å²) in [7, 11) is 0. The predicted octanol–water partition coefficient (Wildman–Crippen LogP) is 2.54. The third-order valence-electron chi connectivity index (χ3n) is 1.75. The molecule has 0 radical (unpaired) electrons. The van der Waals surface area contributed by atoms with Crippen molar-refractivity contribution in [3.63, 3.8) is 0 Å². The van der Waals surface area contributed by atoms with E-state index < -0.39 is 11.7 Å². The Bertz CT molecular complexity index is 351. The second-order valence-electron chi connectivity index (χ2n) is 2.66. The van der Waals surface area contributed by atoms with Crippen LogP contribution in [0.4, 0.5) is 18.9 Å². The number of aliphatic hydroxyl groups excluding tert-OH is 1. The molecule has 0 spiro atoms. The van der Waals surface area contributed by atoms with E-state index in [4.69, 9.17) is 10.8 Å². The molecule has 0 aromatic heterocycles. The van der Waals surface area contributed by atoms with Crippen LogP contribution in [0, 0.1) is 0 Å². The smallest absolute Gasteiger partial charge is 0.398 e. The first-order valence-electron chi connectivity index (χ1n) is 3.63. The molecule has 0 saturated heterocycles. The van der Waals surface area contributed by atoms with E-state index in [1.807, 2.05) is 0 Å². The molecule has 78 valence electrons. The van der Waals surface area contributed by atoms with Crippen LogP contribution in [0.25, 0.3) is 0 Å². The zero-order valence-electron chi connectivity index (χ0n) is 6.90. The molecule has 0 amide bonds. The van der Waals surface area contributed by atoms with Gasteiger partial charge in [0, 0.05) is 5.56 Å². The van der Waals surface area contributed by atoms with Gasteiger partial charge < -0.3 is 10.8 Å². The van der Waals surface area contributed by atoms with Crippen LogP contribution >= 0.6 is 15.9 Å². The lowest BCUT2D eigenvalue weighted by molar-refractivity contribution is -0.138. The van der Waals surface area contributed by atoms with Crippen LogP contribution in [0.3, 0.4) is 0 Å². The molecule has 0 fully saturated rings. The van der Waals surface area contributed by atoms with Crippen LogP contribution in [-0.4, -0.2) is 5.11 Å². The summed E-state index contributed by atoms with van der Waals surface area (Å²) in [5.74, 6) is 0. The van der Waals surface area contributed by atoms with E-state index in [0.717, 1.165) is 12.1 Å². The van der Waals surface area contributed by atoms with Crippen molar-refractivity contribution in [2.45, 2.75) is 12.8 Å². The second kappa shape index (κ2) is 3.78. The van der Waals surface area contributed by atoms with Crippen LogP contribution in [0.15, 0.2) is 16.6 Å². The Morgan fingerprint density at radius 3 is 2.36 bits per heavy atom. The molecule has 0 atom stereocenters. The fourth-order valence-electron chi connectivity index (χ4n) is 0.990. The minimum Gasteiger partial charge on any atom is -0.398 e. The van der Waals surface area contributed by atoms with Crippen molar-refractivity contribution in [2.75, 3.05) is 5.73 Å². The van der Waals surface area contributed by atoms with E-state index in [2.05, 4.69) is 15.9 Å². The summed E-state index contributed by atoms with van der Waals surface area (Å²) in [6, 6.07) is 2.04. The first-order valence-corrected chi connectivity index (χ1v) is 4.42. The highest BCUT2D eigenvalue weighted by atomic mass is 79.9. The van der Waals surface area contributed by atoms with E-state index in [1.54, 1.807) is 0 Å². The Balaban J connectivity index is 3.31. The minimum atomic E-state index is -4.44. The molecule has 0 saturated carbocycles. The van der Waals surface area contributed by atoms with Gasteiger partial charge in [0.25, 0.3) is 0 Å². The number of aliphatic hydroxyl groups is 1. The summed E-state index contributed by atoms with van der Waals surface area (Å²) in [4.78, 5) is 0. The Hall–Kier alpha value is -0.750. The molecule has 3 N–H and O–H groups in total. The average molecular weight is 270 g/mol. The summed E-state index contributed by atoms with van der Waals surface area (Å²) < 4.78 is 36.7. The molecule has 1 aromatic rings. The number of rotatable bonds is 1. The average Bonchev–Trinajstić information content (AvgIpc) is 2.07. The fraction of sp³-hybridized carbons (Fsp3) is 0.250. The van der Waals surface area contributed by atoms with E-state index >= 15 is 0 Å². The maximum absolute atomic E-state index is 12.3. The van der Waals surface area contributed by atoms with Crippen LogP contribution < -0.4 is 5.73 Å². The minimum absolute atomic E-state index is 0.0812. The Labute approximate surface area is 86.7 Å². The van der Waals surface area contributed by atoms with Crippen molar-refractivity contribution >= 4 is 21.6 Å². The molecule has 14 heavy (non-hydrogen) atoms. The van der Waals surface area contributed by atoms with Crippen molar-refractivity contribution < 1.29 is 18.3 Å². The zero-order chi connectivity index (χ0) is 10.9. The van der Waals surface area contributed by atoms with Gasteiger partial charge in [-0.05, 0) is 22.0 Å². The molecular weight excluding hydrogens is 263 g/mol. The molecule has 1 aromatic carbocycles. The summed E-state index contributed by atoms with van der Waals surface area (Å²) in [6.45, 7) is -0.386. The summed E-state index contributed by atoms with van der Waals surface area (Å²) in [5, 5.41) is 8.75. The maximum Gasteiger partial charge on any atom is 0.417 e. The topological polar surface area (TPSA) is 46.2 Å². The number of nitrogens with two attached hydrogens (primary N) is 1. The van der Waals surface area contributed by atoms with Crippen LogP contribution in [0.2, 0.25) is 0 Å². The standard InChI is InChI=1S/C8H7BrF3NO/c9-6-5(8(10,11)12)2-1-4(3-14)7(6)13/h1-2,14H,3,13H2. The lowest BCUT2D eigenvalue weighted by Gasteiger charge is -2.12. The molecule has 2 nitrogen and oxygen atoms in total. The van der Waals surface area contributed by atoms with Gasteiger partial charge in [0.05, 0.1) is 22.3 Å². The van der Waals surface area contributed by atoms with Gasteiger partial charge in [0.15, 0.2) is 0 Å². The third kappa shape index (κ3) is 2.01. The van der Waals surface area contributed by atoms with Crippen molar-refractivity contribution in [1.29, 1.82) is 0 Å². The van der Waals surface area contributed by atoms with Crippen LogP contribution in [0.1, 0.15) is 11.1 Å².